The van der Waals surface area contributed by atoms with Crippen molar-refractivity contribution in [2.24, 2.45) is 0 Å². The largest absolute Gasteiger partial charge is 0.377 e. The summed E-state index contributed by atoms with van der Waals surface area (Å²) in [6.45, 7) is 0.231. The zero-order valence-corrected chi connectivity index (χ0v) is 12.4. The summed E-state index contributed by atoms with van der Waals surface area (Å²) in [6, 6.07) is 9.07. The standard InChI is InChI=1S/C13H9BrClFN2O2/c14-9-5-4-8(6-12(9)18(19)20)7-17-13-10(15)2-1-3-11(13)16/h1-6,17H,7H2. The lowest BCUT2D eigenvalue weighted by molar-refractivity contribution is -0.385. The minimum absolute atomic E-state index is 0.0380. The number of hydrogen-bond donors (Lipinski definition) is 1. The Balaban J connectivity index is 2.19. The van der Waals surface area contributed by atoms with Crippen LogP contribution in [0.5, 0.6) is 0 Å². The van der Waals surface area contributed by atoms with Gasteiger partial charge in [-0.3, -0.25) is 10.1 Å². The summed E-state index contributed by atoms with van der Waals surface area (Å²) in [4.78, 5) is 10.3. The summed E-state index contributed by atoms with van der Waals surface area (Å²) < 4.78 is 14.0. The molecule has 7 heteroatoms. The number of anilines is 1. The Kier molecular flexibility index (Phi) is 4.57. The third kappa shape index (κ3) is 3.26. The molecule has 0 fully saturated rings. The van der Waals surface area contributed by atoms with Crippen LogP contribution in [0.3, 0.4) is 0 Å². The Morgan fingerprint density at radius 3 is 2.75 bits per heavy atom. The first-order valence-electron chi connectivity index (χ1n) is 5.59. The molecule has 1 N–H and O–H groups in total. The first kappa shape index (κ1) is 14.7. The van der Waals surface area contributed by atoms with Crippen molar-refractivity contribution in [2.45, 2.75) is 6.54 Å². The molecule has 0 aliphatic carbocycles. The van der Waals surface area contributed by atoms with Gasteiger partial charge in [0.15, 0.2) is 0 Å². The SMILES string of the molecule is O=[N+]([O-])c1cc(CNc2c(F)cccc2Cl)ccc1Br. The molecule has 2 rings (SSSR count). The minimum Gasteiger partial charge on any atom is -0.377 e. The van der Waals surface area contributed by atoms with Gasteiger partial charge in [0.2, 0.25) is 0 Å². The average Bonchev–Trinajstić information content (AvgIpc) is 2.39. The van der Waals surface area contributed by atoms with E-state index in [1.165, 1.54) is 18.2 Å². The van der Waals surface area contributed by atoms with Gasteiger partial charge in [0.25, 0.3) is 5.69 Å². The van der Waals surface area contributed by atoms with Gasteiger partial charge in [0.05, 0.1) is 20.1 Å². The molecule has 20 heavy (non-hydrogen) atoms. The average molecular weight is 360 g/mol. The third-order valence-corrected chi connectivity index (χ3v) is 3.62. The Labute approximate surface area is 127 Å². The molecule has 0 spiro atoms. The molecule has 0 saturated heterocycles. The van der Waals surface area contributed by atoms with E-state index in [9.17, 15) is 14.5 Å². The van der Waals surface area contributed by atoms with Crippen molar-refractivity contribution < 1.29 is 9.31 Å². The van der Waals surface area contributed by atoms with E-state index in [1.807, 2.05) is 0 Å². The van der Waals surface area contributed by atoms with Gasteiger partial charge in [0, 0.05) is 12.6 Å². The molecule has 104 valence electrons. The number of halogens is 3. The van der Waals surface area contributed by atoms with E-state index in [0.29, 0.717) is 10.0 Å². The second-order valence-corrected chi connectivity index (χ2v) is 5.25. The second kappa shape index (κ2) is 6.19. The first-order chi connectivity index (χ1) is 9.49. The van der Waals surface area contributed by atoms with Crippen molar-refractivity contribution in [2.75, 3.05) is 5.32 Å². The summed E-state index contributed by atoms with van der Waals surface area (Å²) in [5, 5.41) is 13.9. The highest BCUT2D eigenvalue weighted by atomic mass is 79.9. The van der Waals surface area contributed by atoms with Crippen LogP contribution in [0.2, 0.25) is 5.02 Å². The number of nitrogens with zero attached hydrogens (tertiary/aromatic N) is 1. The highest BCUT2D eigenvalue weighted by molar-refractivity contribution is 9.10. The Morgan fingerprint density at radius 2 is 2.10 bits per heavy atom. The Morgan fingerprint density at radius 1 is 1.35 bits per heavy atom. The number of para-hydroxylation sites is 1. The van der Waals surface area contributed by atoms with Crippen LogP contribution in [0.25, 0.3) is 0 Å². The van der Waals surface area contributed by atoms with Gasteiger partial charge in [-0.2, -0.15) is 0 Å². The highest BCUT2D eigenvalue weighted by Crippen LogP contribution is 2.28. The molecule has 0 heterocycles. The molecule has 0 aliphatic heterocycles. The summed E-state index contributed by atoms with van der Waals surface area (Å²) in [5.74, 6) is -0.468. The molecule has 0 radical (unpaired) electrons. The summed E-state index contributed by atoms with van der Waals surface area (Å²) >= 11 is 8.99. The topological polar surface area (TPSA) is 55.2 Å². The highest BCUT2D eigenvalue weighted by Gasteiger charge is 2.13. The smallest absolute Gasteiger partial charge is 0.283 e. The second-order valence-electron chi connectivity index (χ2n) is 3.99. The number of rotatable bonds is 4. The molecule has 0 atom stereocenters. The van der Waals surface area contributed by atoms with Crippen molar-refractivity contribution in [3.05, 3.63) is 67.4 Å². The van der Waals surface area contributed by atoms with Crippen LogP contribution in [0.1, 0.15) is 5.56 Å². The van der Waals surface area contributed by atoms with Gasteiger partial charge in [-0.25, -0.2) is 4.39 Å². The lowest BCUT2D eigenvalue weighted by Gasteiger charge is -2.09. The lowest BCUT2D eigenvalue weighted by Crippen LogP contribution is -2.03. The van der Waals surface area contributed by atoms with Crippen molar-refractivity contribution >= 4 is 38.9 Å². The molecule has 0 saturated carbocycles. The number of nitro groups is 1. The van der Waals surface area contributed by atoms with Crippen molar-refractivity contribution in [3.63, 3.8) is 0 Å². The van der Waals surface area contributed by atoms with Crippen LogP contribution < -0.4 is 5.32 Å². The molecular formula is C13H9BrClFN2O2. The molecule has 4 nitrogen and oxygen atoms in total. The Bertz CT molecular complexity index is 647. The predicted molar refractivity (Wildman–Crippen MR) is 79.5 cm³/mol. The van der Waals surface area contributed by atoms with Crippen LogP contribution in [0, 0.1) is 15.9 Å². The minimum atomic E-state index is -0.482. The van der Waals surface area contributed by atoms with Crippen molar-refractivity contribution in [3.8, 4) is 0 Å². The zero-order chi connectivity index (χ0) is 14.7. The first-order valence-corrected chi connectivity index (χ1v) is 6.77. The van der Waals surface area contributed by atoms with E-state index in [0.717, 1.165) is 0 Å². The number of hydrogen-bond acceptors (Lipinski definition) is 3. The van der Waals surface area contributed by atoms with E-state index < -0.39 is 10.7 Å². The quantitative estimate of drug-likeness (QED) is 0.632. The van der Waals surface area contributed by atoms with Gasteiger partial charge in [-0.1, -0.05) is 23.7 Å². The number of nitrogens with one attached hydrogen (secondary N) is 1. The van der Waals surface area contributed by atoms with Gasteiger partial charge in [-0.15, -0.1) is 0 Å². The Hall–Kier alpha value is -1.66. The monoisotopic (exact) mass is 358 g/mol. The maximum absolute atomic E-state index is 13.6. The molecule has 0 aliphatic rings. The fourth-order valence-corrected chi connectivity index (χ4v) is 2.29. The van der Waals surface area contributed by atoms with E-state index in [1.54, 1.807) is 18.2 Å². The summed E-state index contributed by atoms with van der Waals surface area (Å²) in [5.41, 5.74) is 0.794. The third-order valence-electron chi connectivity index (χ3n) is 2.64. The van der Waals surface area contributed by atoms with Crippen LogP contribution in [-0.4, -0.2) is 4.92 Å². The van der Waals surface area contributed by atoms with Crippen LogP contribution in [-0.2, 0) is 6.54 Å². The molecule has 0 unspecified atom stereocenters. The molecule has 2 aromatic carbocycles. The summed E-state index contributed by atoms with van der Waals surface area (Å²) in [7, 11) is 0. The number of benzene rings is 2. The van der Waals surface area contributed by atoms with Gasteiger partial charge in [-0.05, 0) is 39.7 Å². The van der Waals surface area contributed by atoms with Crippen LogP contribution >= 0.6 is 27.5 Å². The van der Waals surface area contributed by atoms with Crippen molar-refractivity contribution in [1.29, 1.82) is 0 Å². The summed E-state index contributed by atoms with van der Waals surface area (Å²) in [6.07, 6.45) is 0. The fourth-order valence-electron chi connectivity index (χ4n) is 1.67. The van der Waals surface area contributed by atoms with E-state index in [2.05, 4.69) is 21.2 Å². The molecule has 0 bridgehead atoms. The maximum atomic E-state index is 13.6. The van der Waals surface area contributed by atoms with Gasteiger partial charge < -0.3 is 5.32 Å². The molecule has 2 aromatic rings. The normalized spacial score (nSPS) is 10.3. The molecular weight excluding hydrogens is 351 g/mol. The van der Waals surface area contributed by atoms with E-state index in [-0.39, 0.29) is 22.9 Å². The van der Waals surface area contributed by atoms with Gasteiger partial charge in [0.1, 0.15) is 5.82 Å². The zero-order valence-electron chi connectivity index (χ0n) is 10.1. The predicted octanol–water partition coefficient (Wildman–Crippen LogP) is 4.76. The maximum Gasteiger partial charge on any atom is 0.283 e. The van der Waals surface area contributed by atoms with Crippen molar-refractivity contribution in [1.82, 2.24) is 0 Å². The fraction of sp³-hybridized carbons (Fsp3) is 0.0769. The van der Waals surface area contributed by atoms with E-state index >= 15 is 0 Å². The number of nitro benzene ring substituents is 1. The van der Waals surface area contributed by atoms with E-state index in [4.69, 9.17) is 11.6 Å². The van der Waals surface area contributed by atoms with Crippen LogP contribution in [0.15, 0.2) is 40.9 Å². The molecule has 0 aromatic heterocycles. The lowest BCUT2D eigenvalue weighted by atomic mass is 10.2. The van der Waals surface area contributed by atoms with Crippen LogP contribution in [0.4, 0.5) is 15.8 Å². The van der Waals surface area contributed by atoms with Gasteiger partial charge >= 0.3 is 0 Å². The molecule has 0 amide bonds.